The van der Waals surface area contributed by atoms with Gasteiger partial charge in [0.25, 0.3) is 0 Å². The third-order valence-electron chi connectivity index (χ3n) is 5.10. The smallest absolute Gasteiger partial charge is 0.0108 e. The van der Waals surface area contributed by atoms with Gasteiger partial charge >= 0.3 is 0 Å². The van der Waals surface area contributed by atoms with Crippen molar-refractivity contribution >= 4 is 0 Å². The molecule has 0 spiro atoms. The Balaban J connectivity index is 1.85. The van der Waals surface area contributed by atoms with Gasteiger partial charge in [-0.15, -0.1) is 0 Å². The maximum Gasteiger partial charge on any atom is 0.0108 e. The average molecular weight is 238 g/mol. The van der Waals surface area contributed by atoms with Gasteiger partial charge in [-0.25, -0.2) is 0 Å². The van der Waals surface area contributed by atoms with Crippen molar-refractivity contribution in [1.82, 2.24) is 10.2 Å². The van der Waals surface area contributed by atoms with E-state index >= 15 is 0 Å². The number of hydrogen-bond acceptors (Lipinski definition) is 2. The molecule has 100 valence electrons. The molecule has 2 aliphatic rings. The van der Waals surface area contributed by atoms with Crippen LogP contribution in [0.2, 0.25) is 0 Å². The van der Waals surface area contributed by atoms with E-state index in [1.54, 1.807) is 0 Å². The highest BCUT2D eigenvalue weighted by Gasteiger charge is 2.27. The molecule has 2 rings (SSSR count). The van der Waals surface area contributed by atoms with Crippen molar-refractivity contribution in [3.8, 4) is 0 Å². The lowest BCUT2D eigenvalue weighted by atomic mass is 9.83. The second kappa shape index (κ2) is 6.75. The fourth-order valence-corrected chi connectivity index (χ4v) is 3.69. The maximum absolute atomic E-state index is 3.52. The normalized spacial score (nSPS) is 30.2. The van der Waals surface area contributed by atoms with Gasteiger partial charge in [-0.05, 0) is 65.1 Å². The molecule has 1 saturated carbocycles. The van der Waals surface area contributed by atoms with Crippen LogP contribution in [0.15, 0.2) is 0 Å². The van der Waals surface area contributed by atoms with E-state index in [9.17, 15) is 0 Å². The molecule has 1 saturated heterocycles. The van der Waals surface area contributed by atoms with Gasteiger partial charge in [0, 0.05) is 12.1 Å². The van der Waals surface area contributed by atoms with Crippen molar-refractivity contribution in [3.05, 3.63) is 0 Å². The molecule has 0 aromatic carbocycles. The van der Waals surface area contributed by atoms with E-state index in [1.807, 2.05) is 0 Å². The minimum atomic E-state index is 0.790. The van der Waals surface area contributed by atoms with Gasteiger partial charge in [0.1, 0.15) is 0 Å². The largest absolute Gasteiger partial charge is 0.317 e. The highest BCUT2D eigenvalue weighted by Crippen LogP contribution is 2.30. The van der Waals surface area contributed by atoms with E-state index in [4.69, 9.17) is 0 Å². The fraction of sp³-hybridized carbons (Fsp3) is 1.00. The molecule has 0 radical (unpaired) electrons. The molecule has 1 N–H and O–H groups in total. The van der Waals surface area contributed by atoms with E-state index in [1.165, 1.54) is 64.5 Å². The Labute approximate surface area is 107 Å². The highest BCUT2D eigenvalue weighted by molar-refractivity contribution is 4.82. The molecule has 1 aliphatic carbocycles. The minimum absolute atomic E-state index is 0.790. The van der Waals surface area contributed by atoms with E-state index < -0.39 is 0 Å². The van der Waals surface area contributed by atoms with Crippen molar-refractivity contribution in [2.75, 3.05) is 20.1 Å². The lowest BCUT2D eigenvalue weighted by molar-refractivity contribution is 0.106. The molecular weight excluding hydrogens is 208 g/mol. The number of hydrogen-bond donors (Lipinski definition) is 1. The molecule has 2 heteroatoms. The first kappa shape index (κ1) is 13.4. The summed E-state index contributed by atoms with van der Waals surface area (Å²) in [6.45, 7) is 4.91. The lowest BCUT2D eigenvalue weighted by Crippen LogP contribution is -2.43. The summed E-state index contributed by atoms with van der Waals surface area (Å²) in [4.78, 5) is 2.70. The molecule has 0 amide bonds. The van der Waals surface area contributed by atoms with Crippen LogP contribution in [-0.4, -0.2) is 37.1 Å². The average Bonchev–Trinajstić information content (AvgIpc) is 2.67. The van der Waals surface area contributed by atoms with Crippen molar-refractivity contribution < 1.29 is 0 Å². The molecule has 0 bridgehead atoms. The summed E-state index contributed by atoms with van der Waals surface area (Å²) in [5, 5.41) is 3.52. The summed E-state index contributed by atoms with van der Waals surface area (Å²) >= 11 is 0. The summed E-state index contributed by atoms with van der Waals surface area (Å²) in [7, 11) is 2.37. The molecule has 2 atom stereocenters. The Kier molecular flexibility index (Phi) is 5.30. The summed E-state index contributed by atoms with van der Waals surface area (Å²) < 4.78 is 0. The molecule has 2 nitrogen and oxygen atoms in total. The quantitative estimate of drug-likeness (QED) is 0.813. The van der Waals surface area contributed by atoms with Crippen molar-refractivity contribution in [2.45, 2.75) is 70.4 Å². The molecule has 2 fully saturated rings. The van der Waals surface area contributed by atoms with Crippen molar-refractivity contribution in [3.63, 3.8) is 0 Å². The predicted molar refractivity (Wildman–Crippen MR) is 74.3 cm³/mol. The van der Waals surface area contributed by atoms with Crippen LogP contribution in [0.25, 0.3) is 0 Å². The van der Waals surface area contributed by atoms with Gasteiger partial charge in [0.15, 0.2) is 0 Å². The van der Waals surface area contributed by atoms with Gasteiger partial charge < -0.3 is 10.2 Å². The number of nitrogens with one attached hydrogen (secondary N) is 1. The first-order chi connectivity index (χ1) is 8.29. The summed E-state index contributed by atoms with van der Waals surface area (Å²) in [5.74, 6) is 0.963. The van der Waals surface area contributed by atoms with Crippen molar-refractivity contribution in [2.24, 2.45) is 5.92 Å². The van der Waals surface area contributed by atoms with Crippen LogP contribution in [0, 0.1) is 5.92 Å². The monoisotopic (exact) mass is 238 g/mol. The van der Waals surface area contributed by atoms with Crippen molar-refractivity contribution in [1.29, 1.82) is 0 Å². The highest BCUT2D eigenvalue weighted by atomic mass is 15.2. The maximum atomic E-state index is 3.52. The van der Waals surface area contributed by atoms with E-state index in [0.29, 0.717) is 0 Å². The third-order valence-corrected chi connectivity index (χ3v) is 5.10. The molecule has 0 aromatic rings. The van der Waals surface area contributed by atoms with Gasteiger partial charge in [-0.1, -0.05) is 19.3 Å². The SMILES string of the molecule is CC(C1CCCCC1)N(C)C1CCCNCC1. The van der Waals surface area contributed by atoms with Crippen LogP contribution in [0.4, 0.5) is 0 Å². The molecule has 2 unspecified atom stereocenters. The molecule has 1 heterocycles. The van der Waals surface area contributed by atoms with Crippen LogP contribution in [0.1, 0.15) is 58.3 Å². The Bertz CT molecular complexity index is 203. The van der Waals surface area contributed by atoms with Crippen LogP contribution in [0.3, 0.4) is 0 Å². The van der Waals surface area contributed by atoms with E-state index in [-0.39, 0.29) is 0 Å². The van der Waals surface area contributed by atoms with E-state index in [2.05, 4.69) is 24.2 Å². The number of nitrogens with zero attached hydrogens (tertiary/aromatic N) is 1. The Morgan fingerprint density at radius 3 is 2.47 bits per heavy atom. The van der Waals surface area contributed by atoms with Crippen LogP contribution in [-0.2, 0) is 0 Å². The predicted octanol–water partition coefficient (Wildman–Crippen LogP) is 3.03. The summed E-state index contributed by atoms with van der Waals surface area (Å²) in [5.41, 5.74) is 0. The minimum Gasteiger partial charge on any atom is -0.317 e. The van der Waals surface area contributed by atoms with E-state index in [0.717, 1.165) is 18.0 Å². The lowest BCUT2D eigenvalue weighted by Gasteiger charge is -2.38. The Hall–Kier alpha value is -0.0800. The topological polar surface area (TPSA) is 15.3 Å². The van der Waals surface area contributed by atoms with Crippen LogP contribution >= 0.6 is 0 Å². The molecular formula is C15H30N2. The van der Waals surface area contributed by atoms with Crippen LogP contribution in [0.5, 0.6) is 0 Å². The van der Waals surface area contributed by atoms with Gasteiger partial charge in [0.2, 0.25) is 0 Å². The zero-order valence-electron chi connectivity index (χ0n) is 11.8. The standard InChI is InChI=1S/C15H30N2/c1-13(14-7-4-3-5-8-14)17(2)15-9-6-11-16-12-10-15/h13-16H,3-12H2,1-2H3. The van der Waals surface area contributed by atoms with Crippen LogP contribution < -0.4 is 5.32 Å². The fourth-order valence-electron chi connectivity index (χ4n) is 3.69. The first-order valence-corrected chi connectivity index (χ1v) is 7.71. The zero-order chi connectivity index (χ0) is 12.1. The van der Waals surface area contributed by atoms with Gasteiger partial charge in [-0.3, -0.25) is 0 Å². The molecule has 0 aromatic heterocycles. The molecule has 17 heavy (non-hydrogen) atoms. The second-order valence-electron chi connectivity index (χ2n) is 6.14. The van der Waals surface area contributed by atoms with Gasteiger partial charge in [-0.2, -0.15) is 0 Å². The summed E-state index contributed by atoms with van der Waals surface area (Å²) in [6.07, 6.45) is 11.4. The Morgan fingerprint density at radius 2 is 1.71 bits per heavy atom. The number of rotatable bonds is 3. The summed E-state index contributed by atoms with van der Waals surface area (Å²) in [6, 6.07) is 1.61. The third kappa shape index (κ3) is 3.69. The first-order valence-electron chi connectivity index (χ1n) is 7.71. The zero-order valence-corrected chi connectivity index (χ0v) is 11.8. The van der Waals surface area contributed by atoms with Gasteiger partial charge in [0.05, 0.1) is 0 Å². The Morgan fingerprint density at radius 1 is 0.941 bits per heavy atom. The second-order valence-corrected chi connectivity index (χ2v) is 6.14. The molecule has 1 aliphatic heterocycles.